The van der Waals surface area contributed by atoms with E-state index in [-0.39, 0.29) is 42.2 Å². The summed E-state index contributed by atoms with van der Waals surface area (Å²) in [5, 5.41) is 20.7. The molecule has 3 rings (SSSR count). The lowest BCUT2D eigenvalue weighted by Crippen LogP contribution is -2.46. The molecule has 0 amide bonds. The van der Waals surface area contributed by atoms with Crippen molar-refractivity contribution in [1.29, 1.82) is 0 Å². The zero-order valence-electron chi connectivity index (χ0n) is 18.8. The molecule has 1 saturated heterocycles. The Hall–Kier alpha value is -0.930. The van der Waals surface area contributed by atoms with E-state index >= 15 is 0 Å². The molecule has 0 aromatic carbocycles. The van der Waals surface area contributed by atoms with Crippen LogP contribution in [-0.4, -0.2) is 44.1 Å². The lowest BCUT2D eigenvalue weighted by atomic mass is 9.66. The summed E-state index contributed by atoms with van der Waals surface area (Å²) in [6.45, 7) is 7.89. The number of hydrogen-bond acceptors (Lipinski definition) is 6. The Morgan fingerprint density at radius 1 is 1.39 bits per heavy atom. The van der Waals surface area contributed by atoms with E-state index in [2.05, 4.69) is 13.0 Å². The molecule has 7 atom stereocenters. The number of carbonyl (C=O) groups excluding carboxylic acids is 2. The summed E-state index contributed by atoms with van der Waals surface area (Å²) >= 11 is 2.01. The fourth-order valence-corrected chi connectivity index (χ4v) is 5.66. The monoisotopic (exact) mass is 546 g/mol. The first-order valence-electron chi connectivity index (χ1n) is 11.3. The quantitative estimate of drug-likeness (QED) is 0.297. The standard InChI is InChI=1S/C24H35IO6/c1-5-23(3,4)22(28)31-19-13-24(25,29)12-15-7-6-14(2)18(21(15)19)9-8-17-10-16(26)11-20(27)30-17/h6-7,12,14,16-19,21,26,29H,5,8-11,13H2,1-4H3/t14-,16+,17-,18-,19-,21-,24+/m1/s1. The van der Waals surface area contributed by atoms with Crippen LogP contribution in [0.25, 0.3) is 0 Å². The average molecular weight is 546 g/mol. The Labute approximate surface area is 198 Å². The molecule has 3 aliphatic rings. The van der Waals surface area contributed by atoms with Gasteiger partial charge < -0.3 is 19.7 Å². The Morgan fingerprint density at radius 3 is 2.74 bits per heavy atom. The Morgan fingerprint density at radius 2 is 2.10 bits per heavy atom. The van der Waals surface area contributed by atoms with Gasteiger partial charge in [0.15, 0.2) is 0 Å². The van der Waals surface area contributed by atoms with Crippen LogP contribution in [0.3, 0.4) is 0 Å². The molecule has 0 bridgehead atoms. The Kier molecular flexibility index (Phi) is 7.58. The fraction of sp³-hybridized carbons (Fsp3) is 0.750. The number of rotatable bonds is 6. The highest BCUT2D eigenvalue weighted by molar-refractivity contribution is 14.1. The van der Waals surface area contributed by atoms with Crippen molar-refractivity contribution >= 4 is 34.5 Å². The third-order valence-electron chi connectivity index (χ3n) is 7.14. The molecule has 0 saturated carbocycles. The Balaban J connectivity index is 1.81. The van der Waals surface area contributed by atoms with Crippen LogP contribution in [0.5, 0.6) is 0 Å². The molecule has 0 aromatic rings. The second kappa shape index (κ2) is 9.51. The van der Waals surface area contributed by atoms with E-state index in [1.807, 2.05) is 55.5 Å². The van der Waals surface area contributed by atoms with Crippen molar-refractivity contribution in [3.63, 3.8) is 0 Å². The Bertz CT molecular complexity index is 755. The van der Waals surface area contributed by atoms with Gasteiger partial charge in [-0.25, -0.2) is 0 Å². The fourth-order valence-electron chi connectivity index (χ4n) is 4.86. The molecule has 2 aliphatic carbocycles. The maximum Gasteiger partial charge on any atom is 0.311 e. The number of carbonyl (C=O) groups is 2. The first-order chi connectivity index (χ1) is 14.4. The number of cyclic esters (lactones) is 1. The second-order valence-electron chi connectivity index (χ2n) is 10.0. The highest BCUT2D eigenvalue weighted by Crippen LogP contribution is 2.48. The average Bonchev–Trinajstić information content (AvgIpc) is 2.66. The second-order valence-corrected chi connectivity index (χ2v) is 11.9. The van der Waals surface area contributed by atoms with Crippen LogP contribution in [0.2, 0.25) is 0 Å². The number of allylic oxidation sites excluding steroid dienone is 2. The van der Waals surface area contributed by atoms with Gasteiger partial charge in [-0.3, -0.25) is 9.59 Å². The van der Waals surface area contributed by atoms with Gasteiger partial charge in [-0.1, -0.05) is 26.0 Å². The third kappa shape index (κ3) is 5.90. The van der Waals surface area contributed by atoms with Gasteiger partial charge in [-0.15, -0.1) is 0 Å². The van der Waals surface area contributed by atoms with Gasteiger partial charge in [0.05, 0.1) is 17.9 Å². The summed E-state index contributed by atoms with van der Waals surface area (Å²) in [5.41, 5.74) is 0.419. The zero-order chi connectivity index (χ0) is 23.0. The van der Waals surface area contributed by atoms with Gasteiger partial charge in [-0.05, 0) is 79.2 Å². The number of ether oxygens (including phenoxy) is 2. The summed E-state index contributed by atoms with van der Waals surface area (Å²) in [5.74, 6) is -0.159. The largest absolute Gasteiger partial charge is 0.462 e. The van der Waals surface area contributed by atoms with Crippen molar-refractivity contribution in [1.82, 2.24) is 0 Å². The van der Waals surface area contributed by atoms with Crippen molar-refractivity contribution in [2.45, 2.75) is 88.1 Å². The van der Waals surface area contributed by atoms with E-state index in [1.54, 1.807) is 0 Å². The number of hydrogen-bond donors (Lipinski definition) is 2. The molecule has 0 radical (unpaired) electrons. The summed E-state index contributed by atoms with van der Waals surface area (Å²) in [6, 6.07) is 0. The topological polar surface area (TPSA) is 93.1 Å². The summed E-state index contributed by atoms with van der Waals surface area (Å²) in [4.78, 5) is 24.6. The van der Waals surface area contributed by atoms with E-state index in [0.29, 0.717) is 25.7 Å². The van der Waals surface area contributed by atoms with E-state index in [1.165, 1.54) is 0 Å². The van der Waals surface area contributed by atoms with Gasteiger partial charge in [-0.2, -0.15) is 0 Å². The van der Waals surface area contributed by atoms with Gasteiger partial charge in [0.1, 0.15) is 15.8 Å². The van der Waals surface area contributed by atoms with Crippen LogP contribution in [0, 0.1) is 23.2 Å². The molecule has 0 aromatic heterocycles. The minimum atomic E-state index is -1.07. The number of esters is 2. The lowest BCUT2D eigenvalue weighted by Gasteiger charge is -2.45. The normalized spacial score (nSPS) is 38.2. The summed E-state index contributed by atoms with van der Waals surface area (Å²) in [6.07, 6.45) is 7.72. The van der Waals surface area contributed by atoms with Crippen LogP contribution in [0.15, 0.2) is 23.8 Å². The van der Waals surface area contributed by atoms with Gasteiger partial charge in [0.25, 0.3) is 0 Å². The molecule has 0 spiro atoms. The molecule has 1 fully saturated rings. The lowest BCUT2D eigenvalue weighted by molar-refractivity contribution is -0.166. The molecular formula is C24H35IO6. The highest BCUT2D eigenvalue weighted by atomic mass is 127. The molecule has 0 unspecified atom stereocenters. The van der Waals surface area contributed by atoms with Gasteiger partial charge in [0, 0.05) is 18.8 Å². The van der Waals surface area contributed by atoms with Crippen LogP contribution >= 0.6 is 22.6 Å². The van der Waals surface area contributed by atoms with Crippen molar-refractivity contribution in [2.24, 2.45) is 23.2 Å². The van der Waals surface area contributed by atoms with Gasteiger partial charge >= 0.3 is 11.9 Å². The number of fused-ring (bicyclic) bond motifs is 1. The minimum absolute atomic E-state index is 0.0177. The summed E-state index contributed by atoms with van der Waals surface area (Å²) in [7, 11) is 0. The van der Waals surface area contributed by atoms with Crippen molar-refractivity contribution in [3.8, 4) is 0 Å². The first-order valence-corrected chi connectivity index (χ1v) is 12.4. The van der Waals surface area contributed by atoms with E-state index in [4.69, 9.17) is 9.47 Å². The number of aliphatic hydroxyl groups excluding tert-OH is 1. The number of halogens is 1. The predicted molar refractivity (Wildman–Crippen MR) is 125 cm³/mol. The molecule has 2 N–H and O–H groups in total. The highest BCUT2D eigenvalue weighted by Gasteiger charge is 2.46. The molecule has 6 nitrogen and oxygen atoms in total. The van der Waals surface area contributed by atoms with Crippen LogP contribution in [0.4, 0.5) is 0 Å². The first kappa shape index (κ1) is 24.7. The maximum atomic E-state index is 12.9. The SMILES string of the molecule is CCC(C)(C)C(=O)O[C@@H]1C[C@](O)(I)C=C2C=C[C@@H](C)[C@@H](CC[C@@H]3C[C@H](O)CC(=O)O3)[C@@H]21. The smallest absolute Gasteiger partial charge is 0.311 e. The summed E-state index contributed by atoms with van der Waals surface area (Å²) < 4.78 is 10.4. The predicted octanol–water partition coefficient (Wildman–Crippen LogP) is 4.07. The van der Waals surface area contributed by atoms with E-state index < -0.39 is 21.2 Å². The molecule has 7 heteroatoms. The van der Waals surface area contributed by atoms with E-state index in [9.17, 15) is 19.8 Å². The molecule has 1 heterocycles. The molecule has 174 valence electrons. The van der Waals surface area contributed by atoms with E-state index in [0.717, 1.165) is 12.0 Å². The maximum absolute atomic E-state index is 12.9. The third-order valence-corrected chi connectivity index (χ3v) is 7.89. The zero-order valence-corrected chi connectivity index (χ0v) is 21.0. The number of aliphatic hydroxyl groups is 2. The van der Waals surface area contributed by atoms with Crippen LogP contribution in [-0.2, 0) is 19.1 Å². The van der Waals surface area contributed by atoms with Crippen molar-refractivity contribution in [3.05, 3.63) is 23.8 Å². The number of alkyl halides is 1. The van der Waals surface area contributed by atoms with Crippen molar-refractivity contribution in [2.75, 3.05) is 0 Å². The van der Waals surface area contributed by atoms with Crippen LogP contribution in [0.1, 0.15) is 66.2 Å². The molecular weight excluding hydrogens is 511 g/mol. The minimum Gasteiger partial charge on any atom is -0.462 e. The molecule has 1 aliphatic heterocycles. The van der Waals surface area contributed by atoms with Gasteiger partial charge in [0.2, 0.25) is 0 Å². The van der Waals surface area contributed by atoms with Crippen molar-refractivity contribution < 1.29 is 29.3 Å². The van der Waals surface area contributed by atoms with Crippen LogP contribution < -0.4 is 0 Å². The molecule has 31 heavy (non-hydrogen) atoms.